The van der Waals surface area contributed by atoms with Gasteiger partial charge < -0.3 is 9.30 Å². The summed E-state index contributed by atoms with van der Waals surface area (Å²) < 4.78 is 7.81. The summed E-state index contributed by atoms with van der Waals surface area (Å²) in [4.78, 5) is 2.53. The highest BCUT2D eigenvalue weighted by Gasteiger charge is 2.25. The number of nitrogens with zero attached hydrogens (tertiary/aromatic N) is 4. The summed E-state index contributed by atoms with van der Waals surface area (Å²) in [5, 5.41) is 8.13. The molecule has 2 aliphatic rings. The van der Waals surface area contributed by atoms with Gasteiger partial charge >= 0.3 is 0 Å². The van der Waals surface area contributed by atoms with Crippen LogP contribution in [-0.2, 0) is 11.8 Å². The standard InChI is InChI=1S/C15H26N4O/c1-18-12-16-17-15(18)14-11-19(9-10-20-14)8-4-7-13-5-2-3-6-13/h12-14H,2-11H2,1H3/t14-/m0/s1. The van der Waals surface area contributed by atoms with Crippen LogP contribution in [0.5, 0.6) is 0 Å². The second kappa shape index (κ2) is 6.68. The second-order valence-corrected chi connectivity index (χ2v) is 6.25. The first-order valence-electron chi connectivity index (χ1n) is 8.01. The highest BCUT2D eigenvalue weighted by atomic mass is 16.5. The first-order chi connectivity index (χ1) is 9.83. The fourth-order valence-electron chi connectivity index (χ4n) is 3.55. The van der Waals surface area contributed by atoms with E-state index in [2.05, 4.69) is 15.1 Å². The molecule has 0 N–H and O–H groups in total. The van der Waals surface area contributed by atoms with Gasteiger partial charge in [0.1, 0.15) is 12.4 Å². The van der Waals surface area contributed by atoms with E-state index in [4.69, 9.17) is 4.74 Å². The fourth-order valence-corrected chi connectivity index (χ4v) is 3.55. The first kappa shape index (κ1) is 14.0. The molecule has 5 nitrogen and oxygen atoms in total. The normalized spacial score (nSPS) is 25.4. The maximum Gasteiger partial charge on any atom is 0.163 e. The minimum Gasteiger partial charge on any atom is -0.368 e. The summed E-state index contributed by atoms with van der Waals surface area (Å²) in [6.45, 7) is 4.02. The molecule has 0 bridgehead atoms. The van der Waals surface area contributed by atoms with Crippen LogP contribution in [-0.4, -0.2) is 45.9 Å². The lowest BCUT2D eigenvalue weighted by molar-refractivity contribution is -0.0362. The van der Waals surface area contributed by atoms with E-state index < -0.39 is 0 Å². The van der Waals surface area contributed by atoms with Crippen LogP contribution in [0.2, 0.25) is 0 Å². The molecule has 1 aromatic heterocycles. The number of rotatable bonds is 5. The number of hydrogen-bond acceptors (Lipinski definition) is 4. The summed E-state index contributed by atoms with van der Waals surface area (Å²) >= 11 is 0. The molecule has 1 aliphatic heterocycles. The lowest BCUT2D eigenvalue weighted by Gasteiger charge is -2.32. The van der Waals surface area contributed by atoms with Crippen LogP contribution in [0.4, 0.5) is 0 Å². The van der Waals surface area contributed by atoms with Gasteiger partial charge in [0.05, 0.1) is 6.61 Å². The van der Waals surface area contributed by atoms with Crippen molar-refractivity contribution in [2.24, 2.45) is 13.0 Å². The van der Waals surface area contributed by atoms with Crippen LogP contribution in [0.15, 0.2) is 6.33 Å². The van der Waals surface area contributed by atoms with Crippen molar-refractivity contribution < 1.29 is 4.74 Å². The Bertz CT molecular complexity index is 414. The molecule has 1 aliphatic carbocycles. The van der Waals surface area contributed by atoms with Gasteiger partial charge in [0.25, 0.3) is 0 Å². The summed E-state index contributed by atoms with van der Waals surface area (Å²) in [6.07, 6.45) is 10.4. The van der Waals surface area contributed by atoms with E-state index in [-0.39, 0.29) is 6.10 Å². The Labute approximate surface area is 121 Å². The van der Waals surface area contributed by atoms with Gasteiger partial charge in [0.15, 0.2) is 5.82 Å². The zero-order valence-electron chi connectivity index (χ0n) is 12.5. The van der Waals surface area contributed by atoms with Crippen LogP contribution in [0.25, 0.3) is 0 Å². The number of aromatic nitrogens is 3. The molecule has 0 aromatic carbocycles. The minimum absolute atomic E-state index is 0.0859. The van der Waals surface area contributed by atoms with Gasteiger partial charge in [-0.3, -0.25) is 4.90 Å². The quantitative estimate of drug-likeness (QED) is 0.828. The Morgan fingerprint density at radius 3 is 2.95 bits per heavy atom. The zero-order valence-corrected chi connectivity index (χ0v) is 12.5. The Balaban J connectivity index is 1.44. The van der Waals surface area contributed by atoms with Crippen molar-refractivity contribution in [2.45, 2.75) is 44.6 Å². The monoisotopic (exact) mass is 278 g/mol. The maximum absolute atomic E-state index is 5.85. The summed E-state index contributed by atoms with van der Waals surface area (Å²) in [5.41, 5.74) is 0. The van der Waals surface area contributed by atoms with E-state index in [1.165, 1.54) is 45.1 Å². The lowest BCUT2D eigenvalue weighted by atomic mass is 10.0. The van der Waals surface area contributed by atoms with Gasteiger partial charge in [-0.2, -0.15) is 0 Å². The molecular formula is C15H26N4O. The van der Waals surface area contributed by atoms with Gasteiger partial charge in [0, 0.05) is 20.1 Å². The van der Waals surface area contributed by atoms with Crippen molar-refractivity contribution >= 4 is 0 Å². The van der Waals surface area contributed by atoms with Gasteiger partial charge in [-0.1, -0.05) is 25.7 Å². The third kappa shape index (κ3) is 3.38. The predicted molar refractivity (Wildman–Crippen MR) is 77.3 cm³/mol. The van der Waals surface area contributed by atoms with E-state index in [1.807, 2.05) is 11.6 Å². The van der Waals surface area contributed by atoms with E-state index in [9.17, 15) is 0 Å². The molecule has 1 atom stereocenters. The summed E-state index contributed by atoms with van der Waals surface area (Å²) in [7, 11) is 1.98. The van der Waals surface area contributed by atoms with Crippen molar-refractivity contribution in [3.63, 3.8) is 0 Å². The number of morpholine rings is 1. The van der Waals surface area contributed by atoms with Crippen molar-refractivity contribution in [1.29, 1.82) is 0 Å². The topological polar surface area (TPSA) is 43.2 Å². The average Bonchev–Trinajstić information content (AvgIpc) is 3.11. The van der Waals surface area contributed by atoms with Crippen molar-refractivity contribution in [1.82, 2.24) is 19.7 Å². The van der Waals surface area contributed by atoms with E-state index in [0.717, 1.165) is 31.4 Å². The highest BCUT2D eigenvalue weighted by molar-refractivity contribution is 4.93. The molecule has 112 valence electrons. The molecule has 0 radical (unpaired) electrons. The second-order valence-electron chi connectivity index (χ2n) is 6.25. The van der Waals surface area contributed by atoms with Crippen LogP contribution >= 0.6 is 0 Å². The number of ether oxygens (including phenoxy) is 1. The third-order valence-corrected chi connectivity index (χ3v) is 4.75. The van der Waals surface area contributed by atoms with Crippen molar-refractivity contribution in [3.8, 4) is 0 Å². The molecular weight excluding hydrogens is 252 g/mol. The molecule has 0 spiro atoms. The van der Waals surface area contributed by atoms with Crippen molar-refractivity contribution in [3.05, 3.63) is 12.2 Å². The minimum atomic E-state index is 0.0859. The van der Waals surface area contributed by atoms with Gasteiger partial charge in [-0.05, 0) is 25.3 Å². The third-order valence-electron chi connectivity index (χ3n) is 4.75. The first-order valence-corrected chi connectivity index (χ1v) is 8.01. The Morgan fingerprint density at radius 2 is 2.20 bits per heavy atom. The number of aryl methyl sites for hydroxylation is 1. The molecule has 2 heterocycles. The molecule has 0 amide bonds. The summed E-state index contributed by atoms with van der Waals surface area (Å²) in [6, 6.07) is 0. The van der Waals surface area contributed by atoms with E-state index in [1.54, 1.807) is 6.33 Å². The van der Waals surface area contributed by atoms with Crippen molar-refractivity contribution in [2.75, 3.05) is 26.2 Å². The van der Waals surface area contributed by atoms with Crippen LogP contribution in [0.3, 0.4) is 0 Å². The molecule has 3 rings (SSSR count). The van der Waals surface area contributed by atoms with Gasteiger partial charge in [-0.25, -0.2) is 0 Å². The predicted octanol–water partition coefficient (Wildman–Crippen LogP) is 2.16. The molecule has 0 unspecified atom stereocenters. The molecule has 20 heavy (non-hydrogen) atoms. The van der Waals surface area contributed by atoms with Gasteiger partial charge in [-0.15, -0.1) is 10.2 Å². The number of hydrogen-bond donors (Lipinski definition) is 0. The summed E-state index contributed by atoms with van der Waals surface area (Å²) in [5.74, 6) is 1.95. The largest absolute Gasteiger partial charge is 0.368 e. The smallest absolute Gasteiger partial charge is 0.163 e. The average molecular weight is 278 g/mol. The molecule has 2 fully saturated rings. The molecule has 5 heteroatoms. The SMILES string of the molecule is Cn1cnnc1[C@@H]1CN(CCCC2CCCC2)CCO1. The Hall–Kier alpha value is -0.940. The Kier molecular flexibility index (Phi) is 4.68. The Morgan fingerprint density at radius 1 is 1.35 bits per heavy atom. The molecule has 1 saturated heterocycles. The van der Waals surface area contributed by atoms with E-state index >= 15 is 0 Å². The zero-order chi connectivity index (χ0) is 13.8. The van der Waals surface area contributed by atoms with Crippen LogP contribution in [0, 0.1) is 5.92 Å². The fraction of sp³-hybridized carbons (Fsp3) is 0.867. The van der Waals surface area contributed by atoms with E-state index in [0.29, 0.717) is 0 Å². The molecule has 1 saturated carbocycles. The highest BCUT2D eigenvalue weighted by Crippen LogP contribution is 2.29. The lowest BCUT2D eigenvalue weighted by Crippen LogP contribution is -2.39. The molecule has 1 aromatic rings. The maximum atomic E-state index is 5.85. The van der Waals surface area contributed by atoms with Crippen LogP contribution < -0.4 is 0 Å². The van der Waals surface area contributed by atoms with Gasteiger partial charge in [0.2, 0.25) is 0 Å². The van der Waals surface area contributed by atoms with Crippen LogP contribution in [0.1, 0.15) is 50.5 Å².